The first-order chi connectivity index (χ1) is 11.7. The molecule has 0 spiro atoms. The summed E-state index contributed by atoms with van der Waals surface area (Å²) < 4.78 is 28.3. The molecule has 0 N–H and O–H groups in total. The van der Waals surface area contributed by atoms with Crippen LogP contribution >= 0.6 is 0 Å². The second kappa shape index (κ2) is 7.27. The van der Waals surface area contributed by atoms with Crippen LogP contribution in [0.25, 0.3) is 11.6 Å². The summed E-state index contributed by atoms with van der Waals surface area (Å²) in [5.74, 6) is -0.891. The predicted octanol–water partition coefficient (Wildman–Crippen LogP) is 5.02. The molecule has 4 heteroatoms. The quantitative estimate of drug-likeness (QED) is 0.585. The van der Waals surface area contributed by atoms with Gasteiger partial charge in [0.2, 0.25) is 0 Å². The molecule has 0 radical (unpaired) electrons. The molecule has 1 fully saturated rings. The second-order valence-corrected chi connectivity index (χ2v) is 5.90. The molecule has 1 aliphatic heterocycles. The Bertz CT molecular complexity index is 800. The Hall–Kier alpha value is -2.67. The first-order valence-electron chi connectivity index (χ1n) is 8.10. The van der Waals surface area contributed by atoms with Crippen molar-refractivity contribution in [2.75, 3.05) is 18.0 Å². The highest BCUT2D eigenvalue weighted by atomic mass is 19.1. The molecule has 2 nitrogen and oxygen atoms in total. The van der Waals surface area contributed by atoms with Gasteiger partial charge in [0.1, 0.15) is 11.6 Å². The summed E-state index contributed by atoms with van der Waals surface area (Å²) in [6.07, 6.45) is 4.85. The lowest BCUT2D eigenvalue weighted by molar-refractivity contribution is 0.574. The van der Waals surface area contributed by atoms with Crippen molar-refractivity contribution < 1.29 is 8.78 Å². The van der Waals surface area contributed by atoms with Crippen LogP contribution in [0, 0.1) is 23.0 Å². The molecule has 0 amide bonds. The highest BCUT2D eigenvalue weighted by Gasteiger charge is 2.13. The summed E-state index contributed by atoms with van der Waals surface area (Å²) in [6, 6.07) is 13.0. The van der Waals surface area contributed by atoms with Crippen LogP contribution in [0.4, 0.5) is 14.5 Å². The lowest BCUT2D eigenvalue weighted by atomic mass is 10.0. The van der Waals surface area contributed by atoms with E-state index in [0.717, 1.165) is 31.6 Å². The number of benzene rings is 2. The number of rotatable bonds is 3. The minimum Gasteiger partial charge on any atom is -0.371 e. The Morgan fingerprint density at radius 2 is 1.75 bits per heavy atom. The molecule has 2 aromatic carbocycles. The molecule has 3 rings (SSSR count). The zero-order valence-electron chi connectivity index (χ0n) is 13.3. The Labute approximate surface area is 140 Å². The molecule has 1 aliphatic rings. The van der Waals surface area contributed by atoms with E-state index in [0.29, 0.717) is 0 Å². The highest BCUT2D eigenvalue weighted by Crippen LogP contribution is 2.26. The summed E-state index contributed by atoms with van der Waals surface area (Å²) in [5, 5.41) is 9.30. The minimum atomic E-state index is -0.490. The van der Waals surface area contributed by atoms with Crippen LogP contribution in [0.5, 0.6) is 0 Å². The maximum atomic E-state index is 14.4. The topological polar surface area (TPSA) is 27.0 Å². The monoisotopic (exact) mass is 324 g/mol. The van der Waals surface area contributed by atoms with E-state index in [9.17, 15) is 14.0 Å². The van der Waals surface area contributed by atoms with E-state index < -0.39 is 11.6 Å². The van der Waals surface area contributed by atoms with Gasteiger partial charge in [0.25, 0.3) is 0 Å². The standard InChI is InChI=1S/C20H18F2N2/c21-19-7-3-2-6-18(19)16(14-23)12-15-8-9-17(13-20(15)22)24-10-4-1-5-11-24/h2-3,6-9,12-13H,1,4-5,10-11H2. The SMILES string of the molecule is N#CC(=Cc1ccc(N2CCCCC2)cc1F)c1ccccc1F. The fraction of sp³-hybridized carbons (Fsp3) is 0.250. The Balaban J connectivity index is 1.91. The van der Waals surface area contributed by atoms with Crippen LogP contribution < -0.4 is 4.90 Å². The van der Waals surface area contributed by atoms with E-state index in [1.54, 1.807) is 18.2 Å². The molecule has 2 aromatic rings. The lowest BCUT2D eigenvalue weighted by Gasteiger charge is -2.28. The fourth-order valence-electron chi connectivity index (χ4n) is 2.99. The van der Waals surface area contributed by atoms with Gasteiger partial charge in [0.15, 0.2) is 0 Å². The van der Waals surface area contributed by atoms with E-state index in [1.807, 2.05) is 12.1 Å². The maximum Gasteiger partial charge on any atom is 0.132 e. The van der Waals surface area contributed by atoms with Gasteiger partial charge < -0.3 is 4.90 Å². The summed E-state index contributed by atoms with van der Waals surface area (Å²) in [4.78, 5) is 2.17. The summed E-state index contributed by atoms with van der Waals surface area (Å²) in [6.45, 7) is 1.88. The van der Waals surface area contributed by atoms with Crippen molar-refractivity contribution >= 4 is 17.3 Å². The van der Waals surface area contributed by atoms with Gasteiger partial charge in [-0.2, -0.15) is 5.26 Å². The van der Waals surface area contributed by atoms with E-state index in [4.69, 9.17) is 0 Å². The lowest BCUT2D eigenvalue weighted by Crippen LogP contribution is -2.29. The van der Waals surface area contributed by atoms with Crippen molar-refractivity contribution in [2.45, 2.75) is 19.3 Å². The van der Waals surface area contributed by atoms with Crippen molar-refractivity contribution in [2.24, 2.45) is 0 Å². The van der Waals surface area contributed by atoms with Gasteiger partial charge >= 0.3 is 0 Å². The fourth-order valence-corrected chi connectivity index (χ4v) is 2.99. The van der Waals surface area contributed by atoms with Gasteiger partial charge in [-0.3, -0.25) is 0 Å². The Morgan fingerprint density at radius 3 is 2.42 bits per heavy atom. The Kier molecular flexibility index (Phi) is 4.90. The maximum absolute atomic E-state index is 14.4. The van der Waals surface area contributed by atoms with Gasteiger partial charge in [0, 0.05) is 29.9 Å². The van der Waals surface area contributed by atoms with Crippen LogP contribution in [0.3, 0.4) is 0 Å². The van der Waals surface area contributed by atoms with Crippen LogP contribution in [0.2, 0.25) is 0 Å². The van der Waals surface area contributed by atoms with Gasteiger partial charge in [-0.25, -0.2) is 8.78 Å². The van der Waals surface area contributed by atoms with Gasteiger partial charge in [-0.15, -0.1) is 0 Å². The number of piperidine rings is 1. The number of hydrogen-bond acceptors (Lipinski definition) is 2. The molecule has 0 bridgehead atoms. The zero-order chi connectivity index (χ0) is 16.9. The molecule has 0 aromatic heterocycles. The van der Waals surface area contributed by atoms with Crippen molar-refractivity contribution in [3.05, 3.63) is 65.2 Å². The highest BCUT2D eigenvalue weighted by molar-refractivity contribution is 5.90. The minimum absolute atomic E-state index is 0.109. The van der Waals surface area contributed by atoms with Crippen molar-refractivity contribution in [1.82, 2.24) is 0 Å². The summed E-state index contributed by atoms with van der Waals surface area (Å²) >= 11 is 0. The van der Waals surface area contributed by atoms with Crippen molar-refractivity contribution in [3.63, 3.8) is 0 Å². The first kappa shape index (κ1) is 16.2. The Morgan fingerprint density at radius 1 is 1.00 bits per heavy atom. The number of nitrogens with zero attached hydrogens (tertiary/aromatic N) is 2. The third-order valence-corrected chi connectivity index (χ3v) is 4.29. The van der Waals surface area contributed by atoms with E-state index in [-0.39, 0.29) is 16.7 Å². The first-order valence-corrected chi connectivity index (χ1v) is 8.10. The molecule has 0 aliphatic carbocycles. The molecule has 0 saturated carbocycles. The number of anilines is 1. The van der Waals surface area contributed by atoms with Crippen LogP contribution in [0.15, 0.2) is 42.5 Å². The molecular formula is C20H18F2N2. The van der Waals surface area contributed by atoms with Gasteiger partial charge in [-0.1, -0.05) is 18.2 Å². The zero-order valence-corrected chi connectivity index (χ0v) is 13.3. The molecule has 24 heavy (non-hydrogen) atoms. The summed E-state index contributed by atoms with van der Waals surface area (Å²) in [7, 11) is 0. The molecular weight excluding hydrogens is 306 g/mol. The van der Waals surface area contributed by atoms with E-state index >= 15 is 0 Å². The predicted molar refractivity (Wildman–Crippen MR) is 92.3 cm³/mol. The number of nitriles is 1. The van der Waals surface area contributed by atoms with Crippen molar-refractivity contribution in [3.8, 4) is 6.07 Å². The smallest absolute Gasteiger partial charge is 0.132 e. The largest absolute Gasteiger partial charge is 0.371 e. The summed E-state index contributed by atoms with van der Waals surface area (Å²) in [5.41, 5.74) is 1.43. The van der Waals surface area contributed by atoms with Gasteiger partial charge in [0.05, 0.1) is 11.6 Å². The molecule has 0 atom stereocenters. The molecule has 122 valence electrons. The molecule has 1 heterocycles. The normalized spacial score (nSPS) is 15.2. The van der Waals surface area contributed by atoms with Gasteiger partial charge in [-0.05, 0) is 49.6 Å². The van der Waals surface area contributed by atoms with Crippen LogP contribution in [0.1, 0.15) is 30.4 Å². The van der Waals surface area contributed by atoms with E-state index in [1.165, 1.54) is 30.7 Å². The van der Waals surface area contributed by atoms with Crippen LogP contribution in [-0.4, -0.2) is 13.1 Å². The number of halogens is 2. The van der Waals surface area contributed by atoms with E-state index in [2.05, 4.69) is 4.90 Å². The average Bonchev–Trinajstić information content (AvgIpc) is 2.62. The third-order valence-electron chi connectivity index (χ3n) is 4.29. The number of hydrogen-bond donors (Lipinski definition) is 0. The average molecular weight is 324 g/mol. The van der Waals surface area contributed by atoms with Crippen molar-refractivity contribution in [1.29, 1.82) is 5.26 Å². The number of allylic oxidation sites excluding steroid dienone is 1. The third kappa shape index (κ3) is 3.46. The van der Waals surface area contributed by atoms with Crippen LogP contribution in [-0.2, 0) is 0 Å². The molecule has 0 unspecified atom stereocenters. The second-order valence-electron chi connectivity index (χ2n) is 5.90. The molecule has 1 saturated heterocycles.